The van der Waals surface area contributed by atoms with Gasteiger partial charge in [0, 0.05) is 17.1 Å². The van der Waals surface area contributed by atoms with Crippen LogP contribution >= 0.6 is 0 Å². The van der Waals surface area contributed by atoms with Gasteiger partial charge in [-0.15, -0.1) is 0 Å². The van der Waals surface area contributed by atoms with Gasteiger partial charge in [0.05, 0.1) is 11.2 Å². The molecule has 3 heteroatoms. The topological polar surface area (TPSA) is 51.8 Å². The number of benzene rings is 1. The highest BCUT2D eigenvalue weighted by molar-refractivity contribution is 5.83. The van der Waals surface area contributed by atoms with Gasteiger partial charge in [-0.2, -0.15) is 0 Å². The third-order valence-electron chi connectivity index (χ3n) is 2.71. The molecule has 3 aromatic rings. The Morgan fingerprint density at radius 1 is 0.882 bits per heavy atom. The predicted molar refractivity (Wildman–Crippen MR) is 69.4 cm³/mol. The van der Waals surface area contributed by atoms with E-state index < -0.39 is 0 Å². The molecule has 0 aliphatic heterocycles. The highest BCUT2D eigenvalue weighted by Crippen LogP contribution is 2.24. The van der Waals surface area contributed by atoms with Crippen molar-refractivity contribution >= 4 is 16.7 Å². The minimum absolute atomic E-state index is 0.510. The molecule has 1 aromatic carbocycles. The summed E-state index contributed by atoms with van der Waals surface area (Å²) in [7, 11) is 0. The van der Waals surface area contributed by atoms with Gasteiger partial charge in [-0.25, -0.2) is 9.97 Å². The summed E-state index contributed by atoms with van der Waals surface area (Å²) in [5, 5.41) is 1.12. The quantitative estimate of drug-likeness (QED) is 0.687. The molecular formula is C14H11N3. The van der Waals surface area contributed by atoms with Gasteiger partial charge in [0.1, 0.15) is 5.82 Å². The van der Waals surface area contributed by atoms with Crippen LogP contribution < -0.4 is 5.73 Å². The van der Waals surface area contributed by atoms with Gasteiger partial charge in [-0.05, 0) is 24.3 Å². The molecule has 2 heterocycles. The van der Waals surface area contributed by atoms with E-state index in [1.807, 2.05) is 48.5 Å². The van der Waals surface area contributed by atoms with Gasteiger partial charge in [-0.1, -0.05) is 24.3 Å². The number of hydrogen-bond donors (Lipinski definition) is 1. The van der Waals surface area contributed by atoms with E-state index >= 15 is 0 Å². The molecule has 0 aliphatic rings. The van der Waals surface area contributed by atoms with Crippen LogP contribution in [0.1, 0.15) is 0 Å². The van der Waals surface area contributed by atoms with E-state index in [2.05, 4.69) is 9.97 Å². The molecule has 0 fully saturated rings. The Labute approximate surface area is 98.9 Å². The lowest BCUT2D eigenvalue weighted by atomic mass is 10.1. The molecule has 0 aliphatic carbocycles. The van der Waals surface area contributed by atoms with E-state index in [0.717, 1.165) is 22.2 Å². The second-order valence-corrected chi connectivity index (χ2v) is 3.83. The smallest absolute Gasteiger partial charge is 0.132 e. The predicted octanol–water partition coefficient (Wildman–Crippen LogP) is 2.88. The maximum absolute atomic E-state index is 5.85. The summed E-state index contributed by atoms with van der Waals surface area (Å²) in [5.41, 5.74) is 8.54. The lowest BCUT2D eigenvalue weighted by molar-refractivity contribution is 1.31. The number of anilines is 1. The van der Waals surface area contributed by atoms with Crippen LogP contribution in [0, 0.1) is 0 Å². The number of nitrogens with two attached hydrogens (primary N) is 1. The average molecular weight is 221 g/mol. The Morgan fingerprint density at radius 3 is 2.65 bits per heavy atom. The molecule has 3 nitrogen and oxygen atoms in total. The molecule has 2 aromatic heterocycles. The molecule has 3 rings (SSSR count). The fraction of sp³-hybridized carbons (Fsp3) is 0. The molecule has 0 radical (unpaired) electrons. The van der Waals surface area contributed by atoms with Crippen molar-refractivity contribution in [3.05, 3.63) is 54.7 Å². The van der Waals surface area contributed by atoms with Crippen LogP contribution in [0.2, 0.25) is 0 Å². The van der Waals surface area contributed by atoms with Crippen LogP contribution in [0.3, 0.4) is 0 Å². The van der Waals surface area contributed by atoms with E-state index in [0.29, 0.717) is 5.82 Å². The molecule has 0 unspecified atom stereocenters. The molecule has 82 valence electrons. The van der Waals surface area contributed by atoms with E-state index in [1.54, 1.807) is 6.20 Å². The van der Waals surface area contributed by atoms with E-state index in [-0.39, 0.29) is 0 Å². The van der Waals surface area contributed by atoms with Crippen molar-refractivity contribution in [1.29, 1.82) is 0 Å². The summed E-state index contributed by atoms with van der Waals surface area (Å²) in [4.78, 5) is 8.66. The third-order valence-corrected chi connectivity index (χ3v) is 2.71. The van der Waals surface area contributed by atoms with Crippen molar-refractivity contribution in [3.63, 3.8) is 0 Å². The van der Waals surface area contributed by atoms with Gasteiger partial charge < -0.3 is 5.73 Å². The van der Waals surface area contributed by atoms with Crippen LogP contribution in [0.25, 0.3) is 22.2 Å². The zero-order valence-electron chi connectivity index (χ0n) is 9.17. The van der Waals surface area contributed by atoms with E-state index in [9.17, 15) is 0 Å². The van der Waals surface area contributed by atoms with Crippen molar-refractivity contribution in [2.45, 2.75) is 0 Å². The van der Waals surface area contributed by atoms with Crippen LogP contribution in [-0.2, 0) is 0 Å². The van der Waals surface area contributed by atoms with E-state index in [4.69, 9.17) is 5.73 Å². The molecule has 0 amide bonds. The number of para-hydroxylation sites is 1. The Bertz CT molecular complexity index is 677. The monoisotopic (exact) mass is 221 g/mol. The highest BCUT2D eigenvalue weighted by atomic mass is 14.8. The number of fused-ring (bicyclic) bond motifs is 1. The summed E-state index contributed by atoms with van der Waals surface area (Å²) in [6, 6.07) is 15.8. The van der Waals surface area contributed by atoms with Crippen molar-refractivity contribution in [1.82, 2.24) is 9.97 Å². The lowest BCUT2D eigenvalue weighted by Crippen LogP contribution is -1.94. The molecule has 0 saturated heterocycles. The zero-order chi connectivity index (χ0) is 11.7. The second-order valence-electron chi connectivity index (χ2n) is 3.83. The van der Waals surface area contributed by atoms with Crippen LogP contribution in [0.4, 0.5) is 5.82 Å². The van der Waals surface area contributed by atoms with Gasteiger partial charge in [0.25, 0.3) is 0 Å². The minimum atomic E-state index is 0.510. The summed E-state index contributed by atoms with van der Waals surface area (Å²) >= 11 is 0. The fourth-order valence-corrected chi connectivity index (χ4v) is 1.85. The van der Waals surface area contributed by atoms with Gasteiger partial charge >= 0.3 is 0 Å². The SMILES string of the molecule is Nc1ncccc1-c1ccc2ccccc2n1. The first-order chi connectivity index (χ1) is 8.34. The third kappa shape index (κ3) is 1.72. The average Bonchev–Trinajstić information content (AvgIpc) is 2.39. The Hall–Kier alpha value is -2.42. The summed E-state index contributed by atoms with van der Waals surface area (Å²) in [5.74, 6) is 0.510. The number of rotatable bonds is 1. The second kappa shape index (κ2) is 3.87. The van der Waals surface area contributed by atoms with Gasteiger partial charge in [-0.3, -0.25) is 0 Å². The molecule has 0 atom stereocenters. The minimum Gasteiger partial charge on any atom is -0.383 e. The number of pyridine rings is 2. The fourth-order valence-electron chi connectivity index (χ4n) is 1.85. The summed E-state index contributed by atoms with van der Waals surface area (Å²) in [6.07, 6.45) is 1.68. The first-order valence-electron chi connectivity index (χ1n) is 5.41. The first-order valence-corrected chi connectivity index (χ1v) is 5.41. The first kappa shape index (κ1) is 9.78. The van der Waals surface area contributed by atoms with E-state index in [1.165, 1.54) is 0 Å². The molecule has 0 saturated carbocycles. The normalized spacial score (nSPS) is 10.6. The standard InChI is InChI=1S/C14H11N3/c15-14-11(5-3-9-16-14)13-8-7-10-4-1-2-6-12(10)17-13/h1-9H,(H2,15,16). The van der Waals surface area contributed by atoms with Gasteiger partial charge in [0.2, 0.25) is 0 Å². The molecule has 2 N–H and O–H groups in total. The van der Waals surface area contributed by atoms with Crippen molar-refractivity contribution in [2.24, 2.45) is 0 Å². The molecule has 0 bridgehead atoms. The summed E-state index contributed by atoms with van der Waals surface area (Å²) in [6.45, 7) is 0. The number of nitrogen functional groups attached to an aromatic ring is 1. The molecule has 17 heavy (non-hydrogen) atoms. The summed E-state index contributed by atoms with van der Waals surface area (Å²) < 4.78 is 0. The Morgan fingerprint density at radius 2 is 1.76 bits per heavy atom. The van der Waals surface area contributed by atoms with Gasteiger partial charge in [0.15, 0.2) is 0 Å². The maximum Gasteiger partial charge on any atom is 0.132 e. The molecular weight excluding hydrogens is 210 g/mol. The van der Waals surface area contributed by atoms with Crippen molar-refractivity contribution in [3.8, 4) is 11.3 Å². The Kier molecular flexibility index (Phi) is 2.22. The number of nitrogens with zero attached hydrogens (tertiary/aromatic N) is 2. The van der Waals surface area contributed by atoms with Crippen molar-refractivity contribution < 1.29 is 0 Å². The van der Waals surface area contributed by atoms with Crippen LogP contribution in [0.15, 0.2) is 54.7 Å². The van der Waals surface area contributed by atoms with Crippen LogP contribution in [-0.4, -0.2) is 9.97 Å². The number of hydrogen-bond acceptors (Lipinski definition) is 3. The zero-order valence-corrected chi connectivity index (χ0v) is 9.17. The largest absolute Gasteiger partial charge is 0.383 e. The van der Waals surface area contributed by atoms with Crippen molar-refractivity contribution in [2.75, 3.05) is 5.73 Å². The molecule has 0 spiro atoms. The lowest BCUT2D eigenvalue weighted by Gasteiger charge is -2.04. The highest BCUT2D eigenvalue weighted by Gasteiger charge is 2.04. The Balaban J connectivity index is 2.22. The van der Waals surface area contributed by atoms with Crippen LogP contribution in [0.5, 0.6) is 0 Å². The number of aromatic nitrogens is 2. The maximum atomic E-state index is 5.85.